The lowest BCUT2D eigenvalue weighted by Gasteiger charge is -2.34. The van der Waals surface area contributed by atoms with Crippen LogP contribution in [-0.2, 0) is 4.74 Å². The molecule has 0 bridgehead atoms. The molecule has 0 amide bonds. The topological polar surface area (TPSA) is 93.1 Å². The van der Waals surface area contributed by atoms with E-state index < -0.39 is 6.23 Å². The van der Waals surface area contributed by atoms with Crippen molar-refractivity contribution in [2.45, 2.75) is 38.6 Å². The molecule has 0 spiro atoms. The Bertz CT molecular complexity index is 524. The molecule has 1 aliphatic rings. The molecule has 1 fully saturated rings. The van der Waals surface area contributed by atoms with Gasteiger partial charge in [0.25, 0.3) is 0 Å². The normalized spacial score (nSPS) is 23.8. The fourth-order valence-electron chi connectivity index (χ4n) is 2.64. The number of aliphatic hydroxyl groups is 1. The first-order valence-electron chi connectivity index (χ1n) is 7.13. The molecule has 0 saturated carbocycles. The summed E-state index contributed by atoms with van der Waals surface area (Å²) in [6.45, 7) is 5.95. The van der Waals surface area contributed by atoms with Crippen LogP contribution in [0.4, 0.5) is 0 Å². The number of nitrogens with one attached hydrogen (secondary N) is 3. The molecule has 3 unspecified atom stereocenters. The van der Waals surface area contributed by atoms with Gasteiger partial charge in [-0.3, -0.25) is 5.32 Å². The van der Waals surface area contributed by atoms with Gasteiger partial charge in [0.1, 0.15) is 12.3 Å². The molecule has 1 aliphatic heterocycles. The molecule has 116 valence electrons. The Balaban J connectivity index is 2.11. The van der Waals surface area contributed by atoms with Crippen LogP contribution in [0.2, 0.25) is 5.02 Å². The first-order chi connectivity index (χ1) is 10.1. The van der Waals surface area contributed by atoms with Crippen molar-refractivity contribution in [1.82, 2.24) is 15.6 Å². The van der Waals surface area contributed by atoms with Crippen LogP contribution in [0.25, 0.3) is 0 Å². The number of H-pyrrole nitrogens is 1. The zero-order valence-corrected chi connectivity index (χ0v) is 13.0. The summed E-state index contributed by atoms with van der Waals surface area (Å²) in [7, 11) is 0. The molecule has 6 nitrogen and oxygen atoms in total. The Morgan fingerprint density at radius 1 is 1.62 bits per heavy atom. The molecule has 3 atom stereocenters. The summed E-state index contributed by atoms with van der Waals surface area (Å²) in [6.07, 6.45) is -0.135. The van der Waals surface area contributed by atoms with Crippen molar-refractivity contribution in [2.24, 2.45) is 0 Å². The predicted octanol–water partition coefficient (Wildman–Crippen LogP) is 1.20. The standard InChI is InChI=1S/C14H21ClN4O2/c1-3-21-11-7-17-5-4-10(11)19-14(20)13-9(6-16)12(15)8(2)18-13/h10-11,14,17-20H,3-5,7H2,1-2H3. The van der Waals surface area contributed by atoms with Crippen LogP contribution >= 0.6 is 11.6 Å². The highest BCUT2D eigenvalue weighted by Gasteiger charge is 2.29. The summed E-state index contributed by atoms with van der Waals surface area (Å²) in [4.78, 5) is 2.98. The molecule has 4 N–H and O–H groups in total. The smallest absolute Gasteiger partial charge is 0.147 e. The monoisotopic (exact) mass is 312 g/mol. The third-order valence-corrected chi connectivity index (χ3v) is 4.18. The first-order valence-corrected chi connectivity index (χ1v) is 7.50. The Labute approximate surface area is 129 Å². The summed E-state index contributed by atoms with van der Waals surface area (Å²) >= 11 is 6.05. The van der Waals surface area contributed by atoms with Gasteiger partial charge < -0.3 is 20.1 Å². The average Bonchev–Trinajstić information content (AvgIpc) is 2.77. The van der Waals surface area contributed by atoms with Crippen molar-refractivity contribution in [3.63, 3.8) is 0 Å². The molecule has 2 rings (SSSR count). The Morgan fingerprint density at radius 2 is 2.38 bits per heavy atom. The second-order valence-corrected chi connectivity index (χ2v) is 5.50. The van der Waals surface area contributed by atoms with Gasteiger partial charge in [0.2, 0.25) is 0 Å². The van der Waals surface area contributed by atoms with E-state index in [2.05, 4.69) is 15.6 Å². The van der Waals surface area contributed by atoms with E-state index in [-0.39, 0.29) is 17.7 Å². The highest BCUT2D eigenvalue weighted by molar-refractivity contribution is 6.32. The van der Waals surface area contributed by atoms with E-state index in [4.69, 9.17) is 16.3 Å². The minimum atomic E-state index is -0.975. The van der Waals surface area contributed by atoms with E-state index >= 15 is 0 Å². The van der Waals surface area contributed by atoms with Crippen LogP contribution in [0, 0.1) is 18.3 Å². The Morgan fingerprint density at radius 3 is 3.05 bits per heavy atom. The fraction of sp³-hybridized carbons (Fsp3) is 0.643. The van der Waals surface area contributed by atoms with Crippen LogP contribution in [0.15, 0.2) is 0 Å². The van der Waals surface area contributed by atoms with Crippen LogP contribution in [0.1, 0.15) is 36.5 Å². The lowest BCUT2D eigenvalue weighted by Crippen LogP contribution is -2.53. The molecule has 21 heavy (non-hydrogen) atoms. The van der Waals surface area contributed by atoms with E-state index in [0.29, 0.717) is 23.0 Å². The quantitative estimate of drug-likeness (QED) is 0.613. The maximum absolute atomic E-state index is 10.4. The molecule has 1 aromatic rings. The van der Waals surface area contributed by atoms with Crippen molar-refractivity contribution in [1.29, 1.82) is 5.26 Å². The largest absolute Gasteiger partial charge is 0.376 e. The summed E-state index contributed by atoms with van der Waals surface area (Å²) in [6, 6.07) is 2.06. The van der Waals surface area contributed by atoms with Gasteiger partial charge in [-0.15, -0.1) is 0 Å². The second kappa shape index (κ2) is 7.25. The predicted molar refractivity (Wildman–Crippen MR) is 80.0 cm³/mol. The van der Waals surface area contributed by atoms with Gasteiger partial charge in [0, 0.05) is 24.9 Å². The lowest BCUT2D eigenvalue weighted by molar-refractivity contribution is -0.00158. The highest BCUT2D eigenvalue weighted by atomic mass is 35.5. The van der Waals surface area contributed by atoms with E-state index in [1.807, 2.05) is 13.0 Å². The van der Waals surface area contributed by atoms with E-state index in [0.717, 1.165) is 19.5 Å². The van der Waals surface area contributed by atoms with Crippen molar-refractivity contribution in [2.75, 3.05) is 19.7 Å². The third kappa shape index (κ3) is 3.57. The van der Waals surface area contributed by atoms with Crippen molar-refractivity contribution in [3.05, 3.63) is 22.0 Å². The van der Waals surface area contributed by atoms with Crippen molar-refractivity contribution < 1.29 is 9.84 Å². The molecule has 0 radical (unpaired) electrons. The number of aliphatic hydroxyl groups excluding tert-OH is 1. The molecule has 1 saturated heterocycles. The molecule has 2 heterocycles. The van der Waals surface area contributed by atoms with E-state index in [1.165, 1.54) is 0 Å². The second-order valence-electron chi connectivity index (χ2n) is 5.13. The number of ether oxygens (including phenoxy) is 1. The van der Waals surface area contributed by atoms with E-state index in [1.54, 1.807) is 6.92 Å². The zero-order chi connectivity index (χ0) is 15.4. The summed E-state index contributed by atoms with van der Waals surface area (Å²) in [5, 5.41) is 26.3. The molecular weight excluding hydrogens is 292 g/mol. The summed E-state index contributed by atoms with van der Waals surface area (Å²) in [5.41, 5.74) is 1.38. The number of aromatic nitrogens is 1. The summed E-state index contributed by atoms with van der Waals surface area (Å²) < 4.78 is 5.68. The van der Waals surface area contributed by atoms with Crippen LogP contribution in [0.3, 0.4) is 0 Å². The number of hydrogen-bond acceptors (Lipinski definition) is 5. The molecule has 0 aromatic carbocycles. The van der Waals surface area contributed by atoms with Gasteiger partial charge >= 0.3 is 0 Å². The fourth-order valence-corrected chi connectivity index (χ4v) is 2.83. The van der Waals surface area contributed by atoms with Crippen LogP contribution < -0.4 is 10.6 Å². The number of halogens is 1. The lowest BCUT2D eigenvalue weighted by atomic mass is 10.0. The Hall–Kier alpha value is -1.10. The van der Waals surface area contributed by atoms with Crippen LogP contribution in [-0.4, -0.2) is 41.9 Å². The van der Waals surface area contributed by atoms with Gasteiger partial charge in [0.05, 0.1) is 22.4 Å². The van der Waals surface area contributed by atoms with Gasteiger partial charge in [-0.25, -0.2) is 0 Å². The minimum Gasteiger partial charge on any atom is -0.376 e. The number of piperidine rings is 1. The number of aryl methyl sites for hydroxylation is 1. The van der Waals surface area contributed by atoms with E-state index in [9.17, 15) is 10.4 Å². The van der Waals surface area contributed by atoms with Crippen LogP contribution in [0.5, 0.6) is 0 Å². The van der Waals surface area contributed by atoms with Crippen molar-refractivity contribution >= 4 is 11.6 Å². The van der Waals surface area contributed by atoms with Gasteiger partial charge in [-0.2, -0.15) is 5.26 Å². The SMILES string of the molecule is CCOC1CNCCC1NC(O)c1[nH]c(C)c(Cl)c1C#N. The average molecular weight is 313 g/mol. The first kappa shape index (κ1) is 16.3. The van der Waals surface area contributed by atoms with Crippen molar-refractivity contribution in [3.8, 4) is 6.07 Å². The van der Waals surface area contributed by atoms with Gasteiger partial charge in [0.15, 0.2) is 0 Å². The molecular formula is C14H21ClN4O2. The minimum absolute atomic E-state index is 0.00420. The number of rotatable bonds is 5. The summed E-state index contributed by atoms with van der Waals surface area (Å²) in [5.74, 6) is 0. The third-order valence-electron chi connectivity index (χ3n) is 3.70. The number of nitriles is 1. The van der Waals surface area contributed by atoms with Gasteiger partial charge in [-0.1, -0.05) is 11.6 Å². The zero-order valence-electron chi connectivity index (χ0n) is 12.2. The maximum atomic E-state index is 10.4. The molecule has 0 aliphatic carbocycles. The number of aromatic amines is 1. The van der Waals surface area contributed by atoms with Gasteiger partial charge in [-0.05, 0) is 26.8 Å². The molecule has 1 aromatic heterocycles. The number of nitrogens with zero attached hydrogens (tertiary/aromatic N) is 1. The number of hydrogen-bond donors (Lipinski definition) is 4. The maximum Gasteiger partial charge on any atom is 0.147 e. The highest BCUT2D eigenvalue weighted by Crippen LogP contribution is 2.27. The Kier molecular flexibility index (Phi) is 5.62. The molecule has 7 heteroatoms.